The van der Waals surface area contributed by atoms with Gasteiger partial charge >= 0.3 is 16.4 Å². The van der Waals surface area contributed by atoms with Gasteiger partial charge in [-0.2, -0.15) is 8.42 Å². The number of esters is 1. The zero-order valence-corrected chi connectivity index (χ0v) is 46.2. The average Bonchev–Trinajstić information content (AvgIpc) is 3.38. The molecule has 1 aliphatic rings. The number of hydrogen-bond acceptors (Lipinski definition) is 11. The fraction of sp³-hybridized carbons (Fsp3) is 0.623. The predicted octanol–water partition coefficient (Wildman–Crippen LogP) is 13.9. The maximum absolute atomic E-state index is 12.9. The number of rotatable bonds is 47. The van der Waals surface area contributed by atoms with Crippen LogP contribution >= 0.6 is 0 Å². The third kappa shape index (κ3) is 42.5. The van der Waals surface area contributed by atoms with Gasteiger partial charge in [0.1, 0.15) is 30.5 Å². The third-order valence-corrected chi connectivity index (χ3v) is 12.2. The summed E-state index contributed by atoms with van der Waals surface area (Å²) in [5.74, 6) is -0.448. The maximum atomic E-state index is 12.9. The van der Waals surface area contributed by atoms with Gasteiger partial charge < -0.3 is 34.3 Å². The second-order valence-electron chi connectivity index (χ2n) is 18.4. The number of allylic oxidation sites excluding steroid dienone is 22. The number of hydrogen-bond donors (Lipinski definition) is 4. The molecule has 0 radical (unpaired) electrons. The van der Waals surface area contributed by atoms with Gasteiger partial charge in [0.15, 0.2) is 6.29 Å². The molecule has 0 aromatic rings. The summed E-state index contributed by atoms with van der Waals surface area (Å²) < 4.78 is 59.3. The topological polar surface area (TPSA) is 178 Å². The van der Waals surface area contributed by atoms with Gasteiger partial charge in [-0.15, -0.1) is 0 Å². The van der Waals surface area contributed by atoms with Gasteiger partial charge in [-0.3, -0.25) is 9.35 Å². The molecular formula is C61H98O12S. The van der Waals surface area contributed by atoms with E-state index in [1.807, 2.05) is 0 Å². The number of ether oxygens (including phenoxy) is 4. The van der Waals surface area contributed by atoms with Crippen LogP contribution in [0.15, 0.2) is 134 Å². The summed E-state index contributed by atoms with van der Waals surface area (Å²) in [5, 5.41) is 30.8. The van der Waals surface area contributed by atoms with Gasteiger partial charge in [0.05, 0.1) is 19.8 Å². The molecule has 1 rings (SSSR count). The minimum atomic E-state index is -5.08. The van der Waals surface area contributed by atoms with Crippen molar-refractivity contribution in [3.8, 4) is 0 Å². The van der Waals surface area contributed by atoms with Crippen LogP contribution in [-0.4, -0.2) is 97.5 Å². The van der Waals surface area contributed by atoms with Crippen molar-refractivity contribution in [1.29, 1.82) is 0 Å². The second kappa shape index (κ2) is 50.1. The molecule has 6 unspecified atom stereocenters. The van der Waals surface area contributed by atoms with E-state index in [0.717, 1.165) is 109 Å². The Balaban J connectivity index is 2.36. The van der Waals surface area contributed by atoms with Crippen LogP contribution < -0.4 is 0 Å². The minimum Gasteiger partial charge on any atom is -0.457 e. The van der Waals surface area contributed by atoms with E-state index < -0.39 is 59.8 Å². The van der Waals surface area contributed by atoms with Crippen LogP contribution in [0.2, 0.25) is 0 Å². The van der Waals surface area contributed by atoms with E-state index in [1.165, 1.54) is 44.9 Å². The normalized spacial score (nSPS) is 19.8. The molecule has 6 atom stereocenters. The molecule has 74 heavy (non-hydrogen) atoms. The first-order chi connectivity index (χ1) is 36.1. The summed E-state index contributed by atoms with van der Waals surface area (Å²) in [5.41, 5.74) is 0. The van der Waals surface area contributed by atoms with E-state index >= 15 is 0 Å². The highest BCUT2D eigenvalue weighted by molar-refractivity contribution is 7.80. The molecule has 1 fully saturated rings. The van der Waals surface area contributed by atoms with Crippen molar-refractivity contribution in [2.24, 2.45) is 0 Å². The average molecular weight is 1060 g/mol. The Morgan fingerprint density at radius 1 is 0.514 bits per heavy atom. The molecule has 1 heterocycles. The summed E-state index contributed by atoms with van der Waals surface area (Å²) in [6, 6.07) is 0. The van der Waals surface area contributed by atoms with Gasteiger partial charge in [-0.1, -0.05) is 199 Å². The molecule has 1 saturated heterocycles. The Morgan fingerprint density at radius 3 is 1.30 bits per heavy atom. The van der Waals surface area contributed by atoms with E-state index in [2.05, 4.69) is 152 Å². The lowest BCUT2D eigenvalue weighted by Crippen LogP contribution is -2.60. The van der Waals surface area contributed by atoms with E-state index in [-0.39, 0.29) is 19.6 Å². The molecule has 13 heteroatoms. The summed E-state index contributed by atoms with van der Waals surface area (Å²) in [4.78, 5) is 12.9. The zero-order chi connectivity index (χ0) is 53.8. The largest absolute Gasteiger partial charge is 0.457 e. The fourth-order valence-corrected chi connectivity index (χ4v) is 8.15. The van der Waals surface area contributed by atoms with Gasteiger partial charge in [0, 0.05) is 13.0 Å². The Labute approximate surface area is 448 Å². The Morgan fingerprint density at radius 2 is 0.892 bits per heavy atom. The number of carbonyl (C=O) groups excluding carboxylic acids is 1. The smallest absolute Gasteiger partial charge is 0.397 e. The molecule has 0 amide bonds. The van der Waals surface area contributed by atoms with Gasteiger partial charge in [0.25, 0.3) is 0 Å². The van der Waals surface area contributed by atoms with Crippen molar-refractivity contribution in [2.75, 3.05) is 26.4 Å². The summed E-state index contributed by atoms with van der Waals surface area (Å²) in [6.45, 7) is 3.68. The lowest BCUT2D eigenvalue weighted by atomic mass is 9.99. The van der Waals surface area contributed by atoms with Gasteiger partial charge in [-0.25, -0.2) is 4.18 Å². The Kier molecular flexibility index (Phi) is 46.2. The first kappa shape index (κ1) is 68.3. The van der Waals surface area contributed by atoms with Crippen molar-refractivity contribution in [1.82, 2.24) is 0 Å². The molecule has 0 spiro atoms. The van der Waals surface area contributed by atoms with Crippen molar-refractivity contribution in [3.05, 3.63) is 134 Å². The first-order valence-corrected chi connectivity index (χ1v) is 29.3. The highest BCUT2D eigenvalue weighted by Gasteiger charge is 2.48. The van der Waals surface area contributed by atoms with Crippen LogP contribution in [0.5, 0.6) is 0 Å². The quantitative estimate of drug-likeness (QED) is 0.0197. The molecule has 1 aliphatic heterocycles. The molecule has 4 N–H and O–H groups in total. The lowest BCUT2D eigenvalue weighted by molar-refractivity contribution is -0.301. The first-order valence-electron chi connectivity index (χ1n) is 27.9. The van der Waals surface area contributed by atoms with Crippen LogP contribution in [-0.2, 0) is 38.3 Å². The SMILES string of the molecule is CC/C=C\C/C=C\C/C=C\C/C=C\C/C=C\C/C=C\CCCCC(=O)OC(COCCCCCCCCCCCC/C=C\C/C=C\C/C=C\C/C=C\C/C=C\CC)COC1OC(CO)C(O)C(OS(=O)(=O)O)C1O. The maximum Gasteiger partial charge on any atom is 0.397 e. The summed E-state index contributed by atoms with van der Waals surface area (Å²) >= 11 is 0. The third-order valence-electron chi connectivity index (χ3n) is 11.8. The number of carbonyl (C=O) groups is 1. The monoisotopic (exact) mass is 1050 g/mol. The summed E-state index contributed by atoms with van der Waals surface area (Å²) in [7, 11) is -5.08. The van der Waals surface area contributed by atoms with Crippen LogP contribution in [0.25, 0.3) is 0 Å². The van der Waals surface area contributed by atoms with Crippen molar-refractivity contribution >= 4 is 16.4 Å². The van der Waals surface area contributed by atoms with E-state index in [1.54, 1.807) is 0 Å². The highest BCUT2D eigenvalue weighted by atomic mass is 32.3. The van der Waals surface area contributed by atoms with E-state index in [9.17, 15) is 33.1 Å². The van der Waals surface area contributed by atoms with Crippen LogP contribution in [0, 0.1) is 0 Å². The lowest BCUT2D eigenvalue weighted by Gasteiger charge is -2.41. The standard InChI is InChI=1S/C61H98O12S/c1-3-5-7-9-11-13-15-17-19-21-23-25-26-27-28-29-31-33-35-37-39-41-43-45-47-49-51-69-53-55(54-70-61-59(65)60(73-74(66,67)68)58(64)56(52-62)72-61)71-57(63)50-48-46-44-42-40-38-36-34-32-30-24-22-20-18-16-14-12-10-8-6-4-2/h5-8,11-14,17-20,23-25,27-28,30,34,36,40,42,55-56,58-62,64-65H,3-4,9-10,15-16,21-22,26,29,31-33,35,37-39,41,43-54H2,1-2H3,(H,66,67,68)/b7-5-,8-6-,13-11-,14-12-,19-17-,20-18-,25-23-,28-27-,30-24-,36-34-,42-40-. The zero-order valence-electron chi connectivity index (χ0n) is 45.3. The molecule has 0 saturated carbocycles. The molecule has 0 aliphatic carbocycles. The van der Waals surface area contributed by atoms with Gasteiger partial charge in [-0.05, 0) is 109 Å². The Hall–Kier alpha value is -3.76. The second-order valence-corrected chi connectivity index (χ2v) is 19.5. The number of unbranched alkanes of at least 4 members (excludes halogenated alkanes) is 12. The van der Waals surface area contributed by atoms with Crippen LogP contribution in [0.4, 0.5) is 0 Å². The number of aliphatic hydroxyl groups excluding tert-OH is 3. The molecule has 0 bridgehead atoms. The van der Waals surface area contributed by atoms with Crippen molar-refractivity contribution < 1.29 is 56.2 Å². The van der Waals surface area contributed by atoms with Gasteiger partial charge in [0.2, 0.25) is 0 Å². The van der Waals surface area contributed by atoms with E-state index in [4.69, 9.17) is 18.9 Å². The molecule has 420 valence electrons. The summed E-state index contributed by atoms with van der Waals surface area (Å²) in [6.07, 6.45) is 64.8. The van der Waals surface area contributed by atoms with Crippen LogP contribution in [0.3, 0.4) is 0 Å². The molecule has 0 aromatic heterocycles. The minimum absolute atomic E-state index is 0.00513. The Bertz CT molecular complexity index is 1790. The van der Waals surface area contributed by atoms with Crippen molar-refractivity contribution in [2.45, 2.75) is 218 Å². The fourth-order valence-electron chi connectivity index (χ4n) is 7.64. The van der Waals surface area contributed by atoms with Crippen molar-refractivity contribution in [3.63, 3.8) is 0 Å². The highest BCUT2D eigenvalue weighted by Crippen LogP contribution is 2.26. The number of aliphatic hydroxyl groups is 3. The van der Waals surface area contributed by atoms with E-state index in [0.29, 0.717) is 13.0 Å². The molecule has 0 aromatic carbocycles. The molecule has 12 nitrogen and oxygen atoms in total. The van der Waals surface area contributed by atoms with Crippen LogP contribution in [0.1, 0.15) is 181 Å². The molecular weight excluding hydrogens is 957 g/mol. The predicted molar refractivity (Wildman–Crippen MR) is 303 cm³/mol.